The van der Waals surface area contributed by atoms with Gasteiger partial charge in [-0.2, -0.15) is 0 Å². The van der Waals surface area contributed by atoms with Crippen LogP contribution in [0.2, 0.25) is 5.02 Å². The molecule has 96 valence electrons. The highest BCUT2D eigenvalue weighted by Gasteiger charge is 2.19. The third-order valence-corrected chi connectivity index (χ3v) is 5.21. The third kappa shape index (κ3) is 2.41. The Morgan fingerprint density at radius 1 is 1.39 bits per heavy atom. The maximum atomic E-state index is 6.47. The predicted octanol–water partition coefficient (Wildman–Crippen LogP) is 3.48. The number of hydrogen-bond acceptors (Lipinski definition) is 3. The second kappa shape index (κ2) is 5.17. The molecule has 3 rings (SSSR count). The molecule has 2 aromatic rings. The zero-order chi connectivity index (χ0) is 12.5. The fraction of sp³-hybridized carbons (Fsp3) is 0.429. The van der Waals surface area contributed by atoms with E-state index in [-0.39, 0.29) is 0 Å². The normalized spacial score (nSPS) is 21.6. The molecule has 0 aliphatic carbocycles. The van der Waals surface area contributed by atoms with Crippen molar-refractivity contribution in [3.8, 4) is 0 Å². The first kappa shape index (κ1) is 12.4. The lowest BCUT2D eigenvalue weighted by molar-refractivity contribution is 0.203. The van der Waals surface area contributed by atoms with Gasteiger partial charge in [-0.15, -0.1) is 11.3 Å². The Morgan fingerprint density at radius 2 is 2.22 bits per heavy atom. The molecule has 1 aliphatic heterocycles. The third-order valence-electron chi connectivity index (χ3n) is 3.51. The van der Waals surface area contributed by atoms with Crippen molar-refractivity contribution >= 4 is 33.0 Å². The van der Waals surface area contributed by atoms with E-state index >= 15 is 0 Å². The van der Waals surface area contributed by atoms with Crippen molar-refractivity contribution in [1.82, 2.24) is 4.90 Å². The van der Waals surface area contributed by atoms with Crippen LogP contribution < -0.4 is 5.73 Å². The van der Waals surface area contributed by atoms with Crippen LogP contribution in [0.3, 0.4) is 0 Å². The number of likely N-dealkylation sites (tertiary alicyclic amines) is 1. The van der Waals surface area contributed by atoms with Gasteiger partial charge in [0.2, 0.25) is 0 Å². The number of thiophene rings is 1. The smallest absolute Gasteiger partial charge is 0.0637 e. The van der Waals surface area contributed by atoms with Crippen LogP contribution in [0.1, 0.15) is 17.7 Å². The van der Waals surface area contributed by atoms with E-state index in [4.69, 9.17) is 17.3 Å². The number of nitrogens with two attached hydrogens (primary N) is 1. The Bertz CT molecular complexity index is 552. The molecule has 0 unspecified atom stereocenters. The van der Waals surface area contributed by atoms with Gasteiger partial charge in [-0.3, -0.25) is 4.90 Å². The summed E-state index contributed by atoms with van der Waals surface area (Å²) in [6, 6.07) is 8.67. The summed E-state index contributed by atoms with van der Waals surface area (Å²) in [5.41, 5.74) is 6.02. The van der Waals surface area contributed by atoms with E-state index in [1.807, 2.05) is 6.07 Å². The van der Waals surface area contributed by atoms with Crippen molar-refractivity contribution in [1.29, 1.82) is 0 Å². The molecule has 1 atom stereocenters. The number of nitrogens with zero attached hydrogens (tertiary/aromatic N) is 1. The van der Waals surface area contributed by atoms with Crippen LogP contribution in [-0.4, -0.2) is 24.0 Å². The van der Waals surface area contributed by atoms with Gasteiger partial charge in [-0.05, 0) is 25.5 Å². The van der Waals surface area contributed by atoms with Crippen LogP contribution in [0.25, 0.3) is 10.1 Å². The van der Waals surface area contributed by atoms with Crippen molar-refractivity contribution < 1.29 is 0 Å². The topological polar surface area (TPSA) is 29.3 Å². The van der Waals surface area contributed by atoms with Gasteiger partial charge < -0.3 is 5.73 Å². The summed E-state index contributed by atoms with van der Waals surface area (Å²) < 4.78 is 1.28. The summed E-state index contributed by atoms with van der Waals surface area (Å²) in [5, 5.41) is 2.11. The van der Waals surface area contributed by atoms with Gasteiger partial charge in [0, 0.05) is 34.1 Å². The number of rotatable bonds is 2. The van der Waals surface area contributed by atoms with Crippen LogP contribution in [0.5, 0.6) is 0 Å². The molecule has 1 aromatic heterocycles. The largest absolute Gasteiger partial charge is 0.327 e. The lowest BCUT2D eigenvalue weighted by atomic mass is 10.1. The second-order valence-corrected chi connectivity index (χ2v) is 6.49. The van der Waals surface area contributed by atoms with Crippen LogP contribution in [-0.2, 0) is 6.54 Å². The van der Waals surface area contributed by atoms with Gasteiger partial charge in [0.1, 0.15) is 0 Å². The molecule has 1 aliphatic rings. The molecule has 0 radical (unpaired) electrons. The first-order valence-corrected chi connectivity index (χ1v) is 7.57. The molecule has 0 saturated carbocycles. The van der Waals surface area contributed by atoms with Gasteiger partial charge in [-0.25, -0.2) is 0 Å². The molecular formula is C14H17ClN2S. The standard InChI is InChI=1S/C14H17ClN2S/c15-14-11-5-1-2-6-12(11)18-13(14)9-17-7-3-4-10(16)8-17/h1-2,5-6,10H,3-4,7-9,16H2/t10-/m1/s1. The van der Waals surface area contributed by atoms with E-state index in [9.17, 15) is 0 Å². The molecule has 0 bridgehead atoms. The maximum absolute atomic E-state index is 6.47. The van der Waals surface area contributed by atoms with Crippen molar-refractivity contribution in [3.05, 3.63) is 34.2 Å². The van der Waals surface area contributed by atoms with Crippen molar-refractivity contribution in [2.45, 2.75) is 25.4 Å². The summed E-state index contributed by atoms with van der Waals surface area (Å²) in [7, 11) is 0. The summed E-state index contributed by atoms with van der Waals surface area (Å²) in [6.07, 6.45) is 2.35. The molecule has 1 aromatic carbocycles. The number of piperidine rings is 1. The SMILES string of the molecule is N[C@@H]1CCCN(Cc2sc3ccccc3c2Cl)C1. The molecule has 1 saturated heterocycles. The first-order valence-electron chi connectivity index (χ1n) is 6.38. The Balaban J connectivity index is 1.84. The lowest BCUT2D eigenvalue weighted by Gasteiger charge is -2.30. The molecule has 2 nitrogen and oxygen atoms in total. The van der Waals surface area contributed by atoms with Crippen LogP contribution >= 0.6 is 22.9 Å². The highest BCUT2D eigenvalue weighted by Crippen LogP contribution is 2.36. The molecular weight excluding hydrogens is 264 g/mol. The van der Waals surface area contributed by atoms with Crippen LogP contribution in [0.4, 0.5) is 0 Å². The monoisotopic (exact) mass is 280 g/mol. The molecule has 2 heterocycles. The summed E-state index contributed by atoms with van der Waals surface area (Å²) in [6.45, 7) is 3.06. The Kier molecular flexibility index (Phi) is 3.57. The number of benzene rings is 1. The minimum atomic E-state index is 0.326. The average molecular weight is 281 g/mol. The lowest BCUT2D eigenvalue weighted by Crippen LogP contribution is -2.42. The van der Waals surface area contributed by atoms with Crippen LogP contribution in [0.15, 0.2) is 24.3 Å². The minimum absolute atomic E-state index is 0.326. The molecule has 1 fully saturated rings. The van der Waals surface area contributed by atoms with E-state index in [1.54, 1.807) is 11.3 Å². The van der Waals surface area contributed by atoms with Gasteiger partial charge >= 0.3 is 0 Å². The number of halogens is 1. The Labute approximate surface area is 116 Å². The maximum Gasteiger partial charge on any atom is 0.0637 e. The van der Waals surface area contributed by atoms with E-state index in [2.05, 4.69) is 23.1 Å². The van der Waals surface area contributed by atoms with Crippen LogP contribution in [0, 0.1) is 0 Å². The molecule has 4 heteroatoms. The van der Waals surface area contributed by atoms with Crippen molar-refractivity contribution in [2.24, 2.45) is 5.73 Å². The van der Waals surface area contributed by atoms with Crippen molar-refractivity contribution in [2.75, 3.05) is 13.1 Å². The summed E-state index contributed by atoms with van der Waals surface area (Å²) in [5.74, 6) is 0. The van der Waals surface area contributed by atoms with Gasteiger partial charge in [-0.1, -0.05) is 29.8 Å². The van der Waals surface area contributed by atoms with Gasteiger partial charge in [0.25, 0.3) is 0 Å². The summed E-state index contributed by atoms with van der Waals surface area (Å²) >= 11 is 8.27. The highest BCUT2D eigenvalue weighted by molar-refractivity contribution is 7.19. The fourth-order valence-electron chi connectivity index (χ4n) is 2.60. The minimum Gasteiger partial charge on any atom is -0.327 e. The fourth-order valence-corrected chi connectivity index (χ4v) is 4.14. The van der Waals surface area contributed by atoms with Crippen molar-refractivity contribution in [3.63, 3.8) is 0 Å². The first-order chi connectivity index (χ1) is 8.74. The van der Waals surface area contributed by atoms with Gasteiger partial charge in [0.05, 0.1) is 5.02 Å². The number of hydrogen-bond donors (Lipinski definition) is 1. The number of fused-ring (bicyclic) bond motifs is 1. The van der Waals surface area contributed by atoms with Gasteiger partial charge in [0.15, 0.2) is 0 Å². The molecule has 2 N–H and O–H groups in total. The predicted molar refractivity (Wildman–Crippen MR) is 79.3 cm³/mol. The van der Waals surface area contributed by atoms with E-state index in [0.717, 1.165) is 31.1 Å². The second-order valence-electron chi connectivity index (χ2n) is 4.97. The van der Waals surface area contributed by atoms with E-state index in [0.29, 0.717) is 6.04 Å². The molecule has 18 heavy (non-hydrogen) atoms. The zero-order valence-corrected chi connectivity index (χ0v) is 11.8. The summed E-state index contributed by atoms with van der Waals surface area (Å²) in [4.78, 5) is 3.69. The average Bonchev–Trinajstić information content (AvgIpc) is 2.67. The quantitative estimate of drug-likeness (QED) is 0.913. The molecule has 0 spiro atoms. The van der Waals surface area contributed by atoms with E-state index < -0.39 is 0 Å². The molecule has 0 amide bonds. The zero-order valence-electron chi connectivity index (χ0n) is 10.2. The highest BCUT2D eigenvalue weighted by atomic mass is 35.5. The van der Waals surface area contributed by atoms with E-state index in [1.165, 1.54) is 21.4 Å². The Morgan fingerprint density at radius 3 is 3.00 bits per heavy atom. The Hall–Kier alpha value is -0.610.